The van der Waals surface area contributed by atoms with Crippen molar-refractivity contribution in [2.45, 2.75) is 65.1 Å². The molecule has 0 bridgehead atoms. The normalized spacial score (nSPS) is 20.5. The lowest BCUT2D eigenvalue weighted by atomic mass is 9.90. The van der Waals surface area contributed by atoms with Gasteiger partial charge in [-0.2, -0.15) is 0 Å². The molecule has 11 heteroatoms. The molecule has 3 aliphatic rings. The third-order valence-corrected chi connectivity index (χ3v) is 8.64. The Kier molecular flexibility index (Phi) is 6.10. The largest absolute Gasteiger partial charge is 0.465 e. The molecule has 2 amide bonds. The van der Waals surface area contributed by atoms with Crippen molar-refractivity contribution < 1.29 is 24.2 Å². The number of aliphatic hydroxyl groups is 1. The number of aromatic nitrogens is 3. The third-order valence-electron chi connectivity index (χ3n) is 8.64. The maximum atomic E-state index is 15.2. The van der Waals surface area contributed by atoms with Crippen LogP contribution in [0, 0.1) is 18.2 Å². The minimum absolute atomic E-state index is 0.00994. The number of nitrogens with zero attached hydrogens (tertiary/aromatic N) is 5. The van der Waals surface area contributed by atoms with Crippen molar-refractivity contribution in [2.75, 3.05) is 23.7 Å². The summed E-state index contributed by atoms with van der Waals surface area (Å²) in [5.41, 5.74) is 11.1. The minimum Gasteiger partial charge on any atom is -0.465 e. The number of nitrogen functional groups attached to an aromatic ring is 1. The first-order valence-corrected chi connectivity index (χ1v) is 13.6. The number of benzene rings is 1. The molecular weight excluding hydrogens is 515 g/mol. The highest BCUT2D eigenvalue weighted by molar-refractivity contribution is 6.07. The first-order chi connectivity index (χ1) is 19.0. The molecule has 0 saturated carbocycles. The SMILES string of the molecule is Cc1c(-c2ncnc(N)c2C(O)[C@@H]2CCCN2C(=O)O)cc(F)cc1N1CCn2c(cc3c2CC(C)(C)C3)C1=O. The van der Waals surface area contributed by atoms with E-state index in [-0.39, 0.29) is 28.4 Å². The molecule has 4 N–H and O–H groups in total. The van der Waals surface area contributed by atoms with Gasteiger partial charge in [-0.15, -0.1) is 0 Å². The van der Waals surface area contributed by atoms with Gasteiger partial charge in [0.1, 0.15) is 29.8 Å². The highest BCUT2D eigenvalue weighted by Crippen LogP contribution is 2.42. The predicted octanol–water partition coefficient (Wildman–Crippen LogP) is 3.94. The van der Waals surface area contributed by atoms with Crippen LogP contribution in [-0.2, 0) is 19.4 Å². The molecule has 6 rings (SSSR count). The summed E-state index contributed by atoms with van der Waals surface area (Å²) in [5.74, 6) is -0.771. The Morgan fingerprint density at radius 3 is 2.70 bits per heavy atom. The Labute approximate surface area is 231 Å². The maximum Gasteiger partial charge on any atom is 0.407 e. The molecule has 10 nitrogen and oxygen atoms in total. The summed E-state index contributed by atoms with van der Waals surface area (Å²) in [5, 5.41) is 21.0. The number of fused-ring (bicyclic) bond motifs is 3. The topological polar surface area (TPSA) is 138 Å². The molecular formula is C29H33FN6O4. The molecule has 3 aromatic rings. The number of anilines is 2. The van der Waals surface area contributed by atoms with E-state index in [1.807, 2.05) is 6.07 Å². The van der Waals surface area contributed by atoms with Crippen LogP contribution in [0.25, 0.3) is 11.3 Å². The Hall–Kier alpha value is -3.99. The van der Waals surface area contributed by atoms with Crippen LogP contribution in [-0.4, -0.2) is 60.8 Å². The summed E-state index contributed by atoms with van der Waals surface area (Å²) >= 11 is 0. The van der Waals surface area contributed by atoms with Crippen LogP contribution in [0.1, 0.15) is 65.7 Å². The van der Waals surface area contributed by atoms with Gasteiger partial charge in [-0.05, 0) is 67.3 Å². The molecule has 1 aliphatic carbocycles. The number of likely N-dealkylation sites (tertiary alicyclic amines) is 1. The Morgan fingerprint density at radius 1 is 1.18 bits per heavy atom. The predicted molar refractivity (Wildman–Crippen MR) is 147 cm³/mol. The third kappa shape index (κ3) is 4.11. The molecule has 2 aromatic heterocycles. The van der Waals surface area contributed by atoms with Gasteiger partial charge in [-0.3, -0.25) is 4.79 Å². The average Bonchev–Trinajstić information content (AvgIpc) is 3.58. The number of halogens is 1. The highest BCUT2D eigenvalue weighted by Gasteiger charge is 2.39. The minimum atomic E-state index is -1.31. The number of carbonyl (C=O) groups is 2. The van der Waals surface area contributed by atoms with Gasteiger partial charge in [0.05, 0.1) is 23.0 Å². The number of carbonyl (C=O) groups excluding carboxylic acids is 1. The van der Waals surface area contributed by atoms with Gasteiger partial charge in [0.15, 0.2) is 0 Å². The Morgan fingerprint density at radius 2 is 1.95 bits per heavy atom. The van der Waals surface area contributed by atoms with Crippen molar-refractivity contribution in [3.8, 4) is 11.3 Å². The van der Waals surface area contributed by atoms with Crippen LogP contribution in [0.15, 0.2) is 24.5 Å². The van der Waals surface area contributed by atoms with Crippen LogP contribution in [0.2, 0.25) is 0 Å². The molecule has 4 heterocycles. The van der Waals surface area contributed by atoms with Gasteiger partial charge >= 0.3 is 6.09 Å². The molecule has 2 atom stereocenters. The van der Waals surface area contributed by atoms with Gasteiger partial charge < -0.3 is 30.3 Å². The highest BCUT2D eigenvalue weighted by atomic mass is 19.1. The number of nitrogens with two attached hydrogens (primary N) is 1. The van der Waals surface area contributed by atoms with Crippen molar-refractivity contribution in [1.29, 1.82) is 0 Å². The lowest BCUT2D eigenvalue weighted by Crippen LogP contribution is -2.41. The zero-order valence-corrected chi connectivity index (χ0v) is 22.8. The molecule has 1 saturated heterocycles. The molecule has 0 radical (unpaired) electrons. The van der Waals surface area contributed by atoms with Crippen molar-refractivity contribution in [3.05, 3.63) is 58.4 Å². The number of hydrogen-bond donors (Lipinski definition) is 3. The summed E-state index contributed by atoms with van der Waals surface area (Å²) in [6.45, 7) is 7.52. The summed E-state index contributed by atoms with van der Waals surface area (Å²) < 4.78 is 17.3. The van der Waals surface area contributed by atoms with Crippen molar-refractivity contribution in [3.63, 3.8) is 0 Å². The van der Waals surface area contributed by atoms with E-state index in [1.165, 1.54) is 34.6 Å². The van der Waals surface area contributed by atoms with E-state index in [1.54, 1.807) is 11.8 Å². The number of amides is 2. The maximum absolute atomic E-state index is 15.2. The summed E-state index contributed by atoms with van der Waals surface area (Å²) in [6, 6.07) is 3.88. The van der Waals surface area contributed by atoms with E-state index >= 15 is 4.39 Å². The molecule has 0 spiro atoms. The number of hydrogen-bond acceptors (Lipinski definition) is 6. The first kappa shape index (κ1) is 26.2. The standard InChI is InChI=1S/C29H33FN6O4/c1-15-18(24-23(26(31)33-14-32-24)25(37)19-5-4-6-36(19)28(39)40)10-17(30)11-20(15)35-8-7-34-21(27(35)38)9-16-12-29(2,3)13-22(16)34/h9-11,14,19,25,37H,4-8,12-13H2,1-3H3,(H,39,40)(H2,31,32,33)/t19-,25?/m0/s1. The van der Waals surface area contributed by atoms with E-state index in [9.17, 15) is 19.8 Å². The molecule has 1 fully saturated rings. The first-order valence-electron chi connectivity index (χ1n) is 13.6. The monoisotopic (exact) mass is 548 g/mol. The van der Waals surface area contributed by atoms with E-state index in [0.29, 0.717) is 55.0 Å². The molecule has 1 aromatic carbocycles. The van der Waals surface area contributed by atoms with Gasteiger partial charge in [0.2, 0.25) is 0 Å². The zero-order valence-electron chi connectivity index (χ0n) is 22.8. The van der Waals surface area contributed by atoms with Crippen LogP contribution in [0.3, 0.4) is 0 Å². The van der Waals surface area contributed by atoms with Crippen molar-refractivity contribution in [2.24, 2.45) is 5.41 Å². The van der Waals surface area contributed by atoms with Crippen molar-refractivity contribution in [1.82, 2.24) is 19.4 Å². The Balaban J connectivity index is 1.40. The second kappa shape index (κ2) is 9.29. The second-order valence-electron chi connectivity index (χ2n) is 11.9. The van der Waals surface area contributed by atoms with E-state index in [4.69, 9.17) is 5.73 Å². The quantitative estimate of drug-likeness (QED) is 0.449. The van der Waals surface area contributed by atoms with E-state index < -0.39 is 24.1 Å². The zero-order chi connectivity index (χ0) is 28.5. The molecule has 210 valence electrons. The van der Waals surface area contributed by atoms with E-state index in [2.05, 4.69) is 28.4 Å². The van der Waals surface area contributed by atoms with E-state index in [0.717, 1.165) is 12.8 Å². The number of rotatable bonds is 4. The van der Waals surface area contributed by atoms with Gasteiger partial charge in [0, 0.05) is 30.9 Å². The fraction of sp³-hybridized carbons (Fsp3) is 0.448. The average molecular weight is 549 g/mol. The lowest BCUT2D eigenvalue weighted by Gasteiger charge is -2.32. The smallest absolute Gasteiger partial charge is 0.407 e. The molecule has 2 aliphatic heterocycles. The van der Waals surface area contributed by atoms with Gasteiger partial charge in [-0.1, -0.05) is 13.8 Å². The molecule has 40 heavy (non-hydrogen) atoms. The Bertz CT molecular complexity index is 1550. The van der Waals surface area contributed by atoms with Crippen LogP contribution < -0.4 is 10.6 Å². The van der Waals surface area contributed by atoms with Crippen LogP contribution in [0.5, 0.6) is 0 Å². The lowest BCUT2D eigenvalue weighted by molar-refractivity contribution is 0.0680. The van der Waals surface area contributed by atoms with Crippen LogP contribution in [0.4, 0.5) is 20.7 Å². The summed E-state index contributed by atoms with van der Waals surface area (Å²) in [4.78, 5) is 36.7. The summed E-state index contributed by atoms with van der Waals surface area (Å²) in [7, 11) is 0. The van der Waals surface area contributed by atoms with Crippen LogP contribution >= 0.6 is 0 Å². The van der Waals surface area contributed by atoms with Crippen molar-refractivity contribution >= 4 is 23.5 Å². The summed E-state index contributed by atoms with van der Waals surface area (Å²) in [6.07, 6.45) is 1.66. The number of aliphatic hydroxyl groups excluding tert-OH is 1. The van der Waals surface area contributed by atoms with Gasteiger partial charge in [-0.25, -0.2) is 19.2 Å². The second-order valence-corrected chi connectivity index (χ2v) is 11.9. The fourth-order valence-corrected chi connectivity index (χ4v) is 6.80. The fourth-order valence-electron chi connectivity index (χ4n) is 6.80. The number of carboxylic acid groups (broad SMARTS) is 1. The molecule has 1 unspecified atom stereocenters. The van der Waals surface area contributed by atoms with Gasteiger partial charge in [0.25, 0.3) is 5.91 Å².